The fraction of sp³-hybridized carbons (Fsp3) is 0.700. The molecule has 0 aromatic carbocycles. The van der Waals surface area contributed by atoms with Crippen LogP contribution in [0.4, 0.5) is 13.2 Å². The molecule has 0 saturated carbocycles. The second kappa shape index (κ2) is 7.16. The number of aliphatic imine (C=N–C) groups is 1. The number of halogens is 3. The van der Waals surface area contributed by atoms with E-state index in [2.05, 4.69) is 16.9 Å². The standard InChI is InChI=1S/C10H19F3N4/c1-8(2)6-16-9(14)15-4-5-17(3)7-10(11,12)13/h1,4-7H2,2-3H3,(H3,14,15,16). The summed E-state index contributed by atoms with van der Waals surface area (Å²) < 4.78 is 35.9. The zero-order valence-corrected chi connectivity index (χ0v) is 10.1. The van der Waals surface area contributed by atoms with Crippen molar-refractivity contribution in [3.63, 3.8) is 0 Å². The largest absolute Gasteiger partial charge is 0.401 e. The predicted molar refractivity (Wildman–Crippen MR) is 62.9 cm³/mol. The zero-order valence-electron chi connectivity index (χ0n) is 10.1. The van der Waals surface area contributed by atoms with Gasteiger partial charge in [0, 0.05) is 13.1 Å². The summed E-state index contributed by atoms with van der Waals surface area (Å²) >= 11 is 0. The molecule has 0 unspecified atom stereocenters. The van der Waals surface area contributed by atoms with Gasteiger partial charge in [-0.25, -0.2) is 4.99 Å². The highest BCUT2D eigenvalue weighted by Crippen LogP contribution is 2.14. The molecule has 0 aliphatic carbocycles. The summed E-state index contributed by atoms with van der Waals surface area (Å²) in [4.78, 5) is 5.10. The van der Waals surface area contributed by atoms with Gasteiger partial charge in [-0.1, -0.05) is 12.2 Å². The van der Waals surface area contributed by atoms with Gasteiger partial charge in [-0.05, 0) is 14.0 Å². The van der Waals surface area contributed by atoms with E-state index in [4.69, 9.17) is 5.73 Å². The molecule has 0 atom stereocenters. The van der Waals surface area contributed by atoms with E-state index >= 15 is 0 Å². The average Bonchev–Trinajstić information content (AvgIpc) is 2.11. The summed E-state index contributed by atoms with van der Waals surface area (Å²) in [5.41, 5.74) is 6.36. The molecular formula is C10H19F3N4. The van der Waals surface area contributed by atoms with Gasteiger partial charge in [0.15, 0.2) is 5.96 Å². The van der Waals surface area contributed by atoms with E-state index in [0.29, 0.717) is 13.1 Å². The first-order valence-electron chi connectivity index (χ1n) is 5.14. The quantitative estimate of drug-likeness (QED) is 0.420. The Morgan fingerprint density at radius 3 is 2.53 bits per heavy atom. The second-order valence-corrected chi connectivity index (χ2v) is 3.94. The first-order chi connectivity index (χ1) is 7.70. The first kappa shape index (κ1) is 15.8. The molecule has 0 aliphatic heterocycles. The van der Waals surface area contributed by atoms with Crippen LogP contribution in [-0.2, 0) is 0 Å². The summed E-state index contributed by atoms with van der Waals surface area (Å²) in [5.74, 6) is 0.216. The summed E-state index contributed by atoms with van der Waals surface area (Å²) in [6, 6.07) is 0. The number of nitrogens with zero attached hydrogens (tertiary/aromatic N) is 2. The van der Waals surface area contributed by atoms with E-state index in [-0.39, 0.29) is 12.5 Å². The van der Waals surface area contributed by atoms with Gasteiger partial charge in [0.05, 0.1) is 13.1 Å². The molecule has 0 rings (SSSR count). The van der Waals surface area contributed by atoms with Crippen molar-refractivity contribution in [2.75, 3.05) is 33.2 Å². The minimum absolute atomic E-state index is 0.216. The molecule has 0 aromatic heterocycles. The van der Waals surface area contributed by atoms with Crippen molar-refractivity contribution >= 4 is 5.96 Å². The fourth-order valence-corrected chi connectivity index (χ4v) is 1.04. The highest BCUT2D eigenvalue weighted by molar-refractivity contribution is 5.77. The van der Waals surface area contributed by atoms with Crippen LogP contribution < -0.4 is 11.1 Å². The van der Waals surface area contributed by atoms with Gasteiger partial charge in [0.2, 0.25) is 0 Å². The van der Waals surface area contributed by atoms with Crippen LogP contribution in [0.25, 0.3) is 0 Å². The molecule has 4 nitrogen and oxygen atoms in total. The third-order valence-electron chi connectivity index (χ3n) is 1.77. The molecule has 0 heterocycles. The monoisotopic (exact) mass is 252 g/mol. The van der Waals surface area contributed by atoms with Crippen molar-refractivity contribution in [2.45, 2.75) is 13.1 Å². The third-order valence-corrected chi connectivity index (χ3v) is 1.77. The third kappa shape index (κ3) is 11.0. The maximum Gasteiger partial charge on any atom is 0.401 e. The lowest BCUT2D eigenvalue weighted by molar-refractivity contribution is -0.142. The summed E-state index contributed by atoms with van der Waals surface area (Å²) in [5, 5.41) is 2.73. The highest BCUT2D eigenvalue weighted by atomic mass is 19.4. The normalized spacial score (nSPS) is 12.9. The molecule has 7 heteroatoms. The van der Waals surface area contributed by atoms with E-state index in [9.17, 15) is 13.2 Å². The van der Waals surface area contributed by atoms with Crippen LogP contribution in [-0.4, -0.2) is 50.3 Å². The lowest BCUT2D eigenvalue weighted by Crippen LogP contribution is -2.40. The Morgan fingerprint density at radius 2 is 2.06 bits per heavy atom. The van der Waals surface area contributed by atoms with E-state index in [1.54, 1.807) is 0 Å². The van der Waals surface area contributed by atoms with Crippen molar-refractivity contribution in [1.82, 2.24) is 10.2 Å². The molecular weight excluding hydrogens is 233 g/mol. The van der Waals surface area contributed by atoms with Crippen LogP contribution in [0.5, 0.6) is 0 Å². The SMILES string of the molecule is C=C(C)CN=C(N)NCCN(C)CC(F)(F)F. The van der Waals surface area contributed by atoms with Gasteiger partial charge in [-0.15, -0.1) is 0 Å². The second-order valence-electron chi connectivity index (χ2n) is 3.94. The van der Waals surface area contributed by atoms with E-state index in [1.165, 1.54) is 11.9 Å². The van der Waals surface area contributed by atoms with Crippen molar-refractivity contribution in [3.8, 4) is 0 Å². The number of rotatable bonds is 6. The Bertz CT molecular complexity index is 273. The minimum atomic E-state index is -4.17. The van der Waals surface area contributed by atoms with Crippen LogP contribution >= 0.6 is 0 Å². The Morgan fingerprint density at radius 1 is 1.47 bits per heavy atom. The molecule has 3 N–H and O–H groups in total. The number of guanidine groups is 1. The summed E-state index contributed by atoms with van der Waals surface area (Å²) in [6.45, 7) is 5.50. The van der Waals surface area contributed by atoms with Crippen LogP contribution in [0.15, 0.2) is 17.1 Å². The Balaban J connectivity index is 3.76. The van der Waals surface area contributed by atoms with Gasteiger partial charge in [-0.2, -0.15) is 13.2 Å². The average molecular weight is 252 g/mol. The van der Waals surface area contributed by atoms with Crippen LogP contribution in [0.3, 0.4) is 0 Å². The lowest BCUT2D eigenvalue weighted by Gasteiger charge is -2.18. The Hall–Kier alpha value is -1.24. The smallest absolute Gasteiger partial charge is 0.370 e. The van der Waals surface area contributed by atoms with E-state index < -0.39 is 12.7 Å². The molecule has 0 aliphatic rings. The van der Waals surface area contributed by atoms with Crippen molar-refractivity contribution in [1.29, 1.82) is 0 Å². The summed E-state index contributed by atoms with van der Waals surface area (Å²) in [7, 11) is 1.40. The molecule has 0 saturated heterocycles. The number of hydrogen-bond donors (Lipinski definition) is 2. The number of likely N-dealkylation sites (N-methyl/N-ethyl adjacent to an activating group) is 1. The maximum absolute atomic E-state index is 12.0. The van der Waals surface area contributed by atoms with Crippen LogP contribution in [0, 0.1) is 0 Å². The highest BCUT2D eigenvalue weighted by Gasteiger charge is 2.28. The fourth-order valence-electron chi connectivity index (χ4n) is 1.04. The molecule has 0 bridgehead atoms. The number of nitrogens with two attached hydrogens (primary N) is 1. The van der Waals surface area contributed by atoms with Crippen LogP contribution in [0.1, 0.15) is 6.92 Å². The number of nitrogens with one attached hydrogen (secondary N) is 1. The Labute approximate surface area is 99.4 Å². The molecule has 0 amide bonds. The molecule has 0 spiro atoms. The predicted octanol–water partition coefficient (Wildman–Crippen LogP) is 0.961. The van der Waals surface area contributed by atoms with Gasteiger partial charge >= 0.3 is 6.18 Å². The Kier molecular flexibility index (Phi) is 6.64. The molecule has 0 aromatic rings. The zero-order chi connectivity index (χ0) is 13.5. The van der Waals surface area contributed by atoms with E-state index in [0.717, 1.165) is 5.57 Å². The van der Waals surface area contributed by atoms with Gasteiger partial charge in [0.25, 0.3) is 0 Å². The molecule has 17 heavy (non-hydrogen) atoms. The molecule has 0 radical (unpaired) electrons. The van der Waals surface area contributed by atoms with Gasteiger partial charge in [-0.3, -0.25) is 4.90 Å². The first-order valence-corrected chi connectivity index (χ1v) is 5.14. The lowest BCUT2D eigenvalue weighted by atomic mass is 10.4. The van der Waals surface area contributed by atoms with Crippen molar-refractivity contribution in [3.05, 3.63) is 12.2 Å². The number of alkyl halides is 3. The van der Waals surface area contributed by atoms with Crippen molar-refractivity contribution in [2.24, 2.45) is 10.7 Å². The molecule has 100 valence electrons. The van der Waals surface area contributed by atoms with Crippen LogP contribution in [0.2, 0.25) is 0 Å². The van der Waals surface area contributed by atoms with Crippen molar-refractivity contribution < 1.29 is 13.2 Å². The topological polar surface area (TPSA) is 53.6 Å². The maximum atomic E-state index is 12.0. The summed E-state index contributed by atoms with van der Waals surface area (Å²) in [6.07, 6.45) is -4.17. The molecule has 0 fully saturated rings. The number of hydrogen-bond acceptors (Lipinski definition) is 2. The van der Waals surface area contributed by atoms with E-state index in [1.807, 2.05) is 6.92 Å². The van der Waals surface area contributed by atoms with Gasteiger partial charge < -0.3 is 11.1 Å². The van der Waals surface area contributed by atoms with Gasteiger partial charge in [0.1, 0.15) is 0 Å². The minimum Gasteiger partial charge on any atom is -0.370 e.